The lowest BCUT2D eigenvalue weighted by molar-refractivity contribution is -0.143. The number of rotatable bonds is 4. The highest BCUT2D eigenvalue weighted by Crippen LogP contribution is 2.30. The number of benzene rings is 2. The topological polar surface area (TPSA) is 67.9 Å². The Hall–Kier alpha value is -3.15. The van der Waals surface area contributed by atoms with Crippen molar-refractivity contribution >= 4 is 22.7 Å². The second-order valence-electron chi connectivity index (χ2n) is 7.76. The number of para-hydroxylation sites is 2. The monoisotopic (exact) mass is 389 g/mol. The highest BCUT2D eigenvalue weighted by Gasteiger charge is 2.35. The smallest absolute Gasteiger partial charge is 0.266 e. The van der Waals surface area contributed by atoms with Gasteiger partial charge in [-0.15, -0.1) is 0 Å². The van der Waals surface area contributed by atoms with Gasteiger partial charge in [-0.2, -0.15) is 0 Å². The first kappa shape index (κ1) is 17.9. The summed E-state index contributed by atoms with van der Waals surface area (Å²) in [6.45, 7) is 1.35. The molecule has 2 aliphatic heterocycles. The van der Waals surface area contributed by atoms with E-state index in [1.165, 1.54) is 5.56 Å². The molecule has 1 aromatic heterocycles. The predicted molar refractivity (Wildman–Crippen MR) is 110 cm³/mol. The normalized spacial score (nSPS) is 21.8. The summed E-state index contributed by atoms with van der Waals surface area (Å²) in [4.78, 5) is 25.0. The van der Waals surface area contributed by atoms with Crippen LogP contribution >= 0.6 is 0 Å². The molecular weight excluding hydrogens is 366 g/mol. The molecule has 0 spiro atoms. The maximum absolute atomic E-state index is 13.0. The summed E-state index contributed by atoms with van der Waals surface area (Å²) in [6.07, 6.45) is 2.65. The van der Waals surface area contributed by atoms with E-state index in [1.807, 2.05) is 47.4 Å². The number of hydrogen-bond donors (Lipinski definition) is 0. The quantitative estimate of drug-likeness (QED) is 0.678. The standard InChI is InChI=1S/C23H23N3O3/c27-23(21-14-18(25-29-21)13-16-7-2-1-3-8-16)26-12-6-9-17(15-26)22-24-19-10-4-5-11-20(19)28-22/h1-5,7-8,10-11,17,21H,6,9,12-15H2. The maximum Gasteiger partial charge on any atom is 0.266 e. The van der Waals surface area contributed by atoms with Crippen LogP contribution in [0.4, 0.5) is 0 Å². The molecule has 29 heavy (non-hydrogen) atoms. The lowest BCUT2D eigenvalue weighted by Crippen LogP contribution is -2.44. The van der Waals surface area contributed by atoms with Gasteiger partial charge in [-0.1, -0.05) is 47.6 Å². The second-order valence-corrected chi connectivity index (χ2v) is 7.76. The zero-order valence-electron chi connectivity index (χ0n) is 16.2. The number of hydrogen-bond acceptors (Lipinski definition) is 5. The van der Waals surface area contributed by atoms with Gasteiger partial charge < -0.3 is 14.2 Å². The van der Waals surface area contributed by atoms with Crippen LogP contribution in [0.3, 0.4) is 0 Å². The van der Waals surface area contributed by atoms with Crippen molar-refractivity contribution < 1.29 is 14.0 Å². The van der Waals surface area contributed by atoms with Crippen LogP contribution in [0.1, 0.15) is 36.6 Å². The molecule has 0 N–H and O–H groups in total. The number of carbonyl (C=O) groups excluding carboxylic acids is 1. The van der Waals surface area contributed by atoms with Crippen LogP contribution in [0.15, 0.2) is 64.2 Å². The number of aromatic nitrogens is 1. The van der Waals surface area contributed by atoms with E-state index in [4.69, 9.17) is 9.25 Å². The highest BCUT2D eigenvalue weighted by atomic mass is 16.6. The van der Waals surface area contributed by atoms with Gasteiger partial charge in [0.15, 0.2) is 11.5 Å². The van der Waals surface area contributed by atoms with Crippen LogP contribution in [-0.2, 0) is 16.1 Å². The zero-order valence-corrected chi connectivity index (χ0v) is 16.2. The molecule has 3 aromatic rings. The molecule has 0 saturated carbocycles. The fourth-order valence-corrected chi connectivity index (χ4v) is 4.14. The third kappa shape index (κ3) is 3.75. The van der Waals surface area contributed by atoms with Gasteiger partial charge in [0.1, 0.15) is 5.52 Å². The lowest BCUT2D eigenvalue weighted by atomic mass is 9.97. The van der Waals surface area contributed by atoms with E-state index < -0.39 is 6.10 Å². The molecule has 6 nitrogen and oxygen atoms in total. The average molecular weight is 389 g/mol. The Kier molecular flexibility index (Phi) is 4.76. The van der Waals surface area contributed by atoms with Crippen molar-refractivity contribution in [3.8, 4) is 0 Å². The van der Waals surface area contributed by atoms with Gasteiger partial charge in [-0.05, 0) is 30.5 Å². The Bertz CT molecular complexity index is 1010. The average Bonchev–Trinajstić information content (AvgIpc) is 3.41. The van der Waals surface area contributed by atoms with Crippen LogP contribution in [-0.4, -0.2) is 40.7 Å². The Morgan fingerprint density at radius 1 is 1.10 bits per heavy atom. The summed E-state index contributed by atoms with van der Waals surface area (Å²) in [6, 6.07) is 17.9. The summed E-state index contributed by atoms with van der Waals surface area (Å²) in [5.41, 5.74) is 3.76. The maximum atomic E-state index is 13.0. The largest absolute Gasteiger partial charge is 0.440 e. The minimum Gasteiger partial charge on any atom is -0.440 e. The number of amides is 1. The number of likely N-dealkylation sites (tertiary alicyclic amines) is 1. The van der Waals surface area contributed by atoms with Crippen LogP contribution in [0.2, 0.25) is 0 Å². The first-order chi connectivity index (χ1) is 14.3. The first-order valence-electron chi connectivity index (χ1n) is 10.2. The molecule has 2 aliphatic rings. The number of oxazole rings is 1. The third-order valence-electron chi connectivity index (χ3n) is 5.65. The molecule has 2 atom stereocenters. The van der Waals surface area contributed by atoms with E-state index in [9.17, 15) is 4.79 Å². The molecule has 0 bridgehead atoms. The molecule has 3 heterocycles. The van der Waals surface area contributed by atoms with Gasteiger partial charge in [0.2, 0.25) is 6.10 Å². The Balaban J connectivity index is 1.22. The van der Waals surface area contributed by atoms with Gasteiger partial charge in [-0.25, -0.2) is 4.98 Å². The molecule has 1 fully saturated rings. The van der Waals surface area contributed by atoms with Crippen molar-refractivity contribution in [1.29, 1.82) is 0 Å². The Labute approximate surface area is 169 Å². The summed E-state index contributed by atoms with van der Waals surface area (Å²) in [5, 5.41) is 4.17. The third-order valence-corrected chi connectivity index (χ3v) is 5.65. The van der Waals surface area contributed by atoms with Crippen LogP contribution in [0.25, 0.3) is 11.1 Å². The van der Waals surface area contributed by atoms with Gasteiger partial charge in [-0.3, -0.25) is 4.79 Å². The molecule has 2 aromatic carbocycles. The number of fused-ring (bicyclic) bond motifs is 1. The van der Waals surface area contributed by atoms with Crippen molar-refractivity contribution in [2.75, 3.05) is 13.1 Å². The number of nitrogens with zero attached hydrogens (tertiary/aromatic N) is 3. The number of oxime groups is 1. The van der Waals surface area contributed by atoms with Crippen LogP contribution in [0.5, 0.6) is 0 Å². The number of carbonyl (C=O) groups is 1. The molecule has 148 valence electrons. The van der Waals surface area contributed by atoms with E-state index in [2.05, 4.69) is 22.3 Å². The molecule has 0 aliphatic carbocycles. The highest BCUT2D eigenvalue weighted by molar-refractivity contribution is 5.94. The summed E-state index contributed by atoms with van der Waals surface area (Å²) < 4.78 is 5.94. The fraction of sp³-hybridized carbons (Fsp3) is 0.348. The Morgan fingerprint density at radius 3 is 2.79 bits per heavy atom. The second kappa shape index (κ2) is 7.70. The van der Waals surface area contributed by atoms with Gasteiger partial charge in [0.05, 0.1) is 11.6 Å². The minimum atomic E-state index is -0.518. The minimum absolute atomic E-state index is 0.0117. The molecule has 1 amide bonds. The van der Waals surface area contributed by atoms with Crippen LogP contribution < -0.4 is 0 Å². The van der Waals surface area contributed by atoms with E-state index in [1.54, 1.807) is 0 Å². The van der Waals surface area contributed by atoms with E-state index in [-0.39, 0.29) is 11.8 Å². The molecule has 6 heteroatoms. The van der Waals surface area contributed by atoms with E-state index in [0.717, 1.165) is 48.5 Å². The van der Waals surface area contributed by atoms with Gasteiger partial charge in [0, 0.05) is 25.9 Å². The van der Waals surface area contributed by atoms with Crippen molar-refractivity contribution in [2.24, 2.45) is 5.16 Å². The summed E-state index contributed by atoms with van der Waals surface area (Å²) in [7, 11) is 0. The molecule has 0 radical (unpaired) electrons. The SMILES string of the molecule is O=C(C1CC(Cc2ccccc2)=NO1)N1CCCC(c2nc3ccccc3o2)C1. The van der Waals surface area contributed by atoms with Gasteiger partial charge in [0.25, 0.3) is 5.91 Å². The number of piperidine rings is 1. The van der Waals surface area contributed by atoms with E-state index in [0.29, 0.717) is 13.0 Å². The van der Waals surface area contributed by atoms with Crippen molar-refractivity contribution in [2.45, 2.75) is 37.7 Å². The molecule has 1 saturated heterocycles. The molecular formula is C23H23N3O3. The van der Waals surface area contributed by atoms with Crippen LogP contribution in [0, 0.1) is 0 Å². The zero-order chi connectivity index (χ0) is 19.6. The Morgan fingerprint density at radius 2 is 1.93 bits per heavy atom. The molecule has 2 unspecified atom stereocenters. The van der Waals surface area contributed by atoms with Crippen molar-refractivity contribution in [3.05, 3.63) is 66.1 Å². The molecule has 5 rings (SSSR count). The fourth-order valence-electron chi connectivity index (χ4n) is 4.14. The first-order valence-corrected chi connectivity index (χ1v) is 10.2. The lowest BCUT2D eigenvalue weighted by Gasteiger charge is -2.32. The summed E-state index contributed by atoms with van der Waals surface area (Å²) >= 11 is 0. The van der Waals surface area contributed by atoms with Crippen molar-refractivity contribution in [3.63, 3.8) is 0 Å². The predicted octanol–water partition coefficient (Wildman–Crippen LogP) is 3.92. The van der Waals surface area contributed by atoms with Gasteiger partial charge >= 0.3 is 0 Å². The summed E-state index contributed by atoms with van der Waals surface area (Å²) in [5.74, 6) is 0.848. The van der Waals surface area contributed by atoms with E-state index >= 15 is 0 Å². The van der Waals surface area contributed by atoms with Crippen molar-refractivity contribution in [1.82, 2.24) is 9.88 Å².